The van der Waals surface area contributed by atoms with Crippen molar-refractivity contribution in [1.82, 2.24) is 19.8 Å². The second kappa shape index (κ2) is 7.58. The average molecular weight is 399 g/mol. The Morgan fingerprint density at radius 3 is 2.38 bits per heavy atom. The highest BCUT2D eigenvalue weighted by molar-refractivity contribution is 5.81. The fourth-order valence-electron chi connectivity index (χ4n) is 5.27. The lowest BCUT2D eigenvalue weighted by Crippen LogP contribution is -2.44. The van der Waals surface area contributed by atoms with Gasteiger partial charge in [0.15, 0.2) is 0 Å². The van der Waals surface area contributed by atoms with E-state index in [-0.39, 0.29) is 35.3 Å². The fourth-order valence-corrected chi connectivity index (χ4v) is 5.27. The van der Waals surface area contributed by atoms with Crippen LogP contribution in [0.25, 0.3) is 0 Å². The highest BCUT2D eigenvalue weighted by Gasteiger charge is 2.37. The van der Waals surface area contributed by atoms with E-state index in [9.17, 15) is 14.4 Å². The van der Waals surface area contributed by atoms with Crippen LogP contribution in [-0.4, -0.2) is 44.7 Å². The van der Waals surface area contributed by atoms with E-state index in [0.717, 1.165) is 70.0 Å². The summed E-state index contributed by atoms with van der Waals surface area (Å²) in [7, 11) is 0. The van der Waals surface area contributed by atoms with Crippen LogP contribution in [0.3, 0.4) is 0 Å². The number of H-pyrrole nitrogens is 1. The number of fused-ring (bicyclic) bond motifs is 1. The molecule has 0 aromatic carbocycles. The van der Waals surface area contributed by atoms with Gasteiger partial charge in [-0.25, -0.2) is 4.98 Å². The summed E-state index contributed by atoms with van der Waals surface area (Å²) in [6.45, 7) is 1.75. The first-order valence-corrected chi connectivity index (χ1v) is 11.3. The van der Waals surface area contributed by atoms with Crippen LogP contribution in [0.1, 0.15) is 80.9 Å². The van der Waals surface area contributed by atoms with Crippen LogP contribution in [0.2, 0.25) is 0 Å². The molecular weight excluding hydrogens is 368 g/mol. The Morgan fingerprint density at radius 1 is 0.897 bits per heavy atom. The molecule has 7 heteroatoms. The Bertz CT molecular complexity index is 869. The molecule has 0 spiro atoms. The lowest BCUT2D eigenvalue weighted by atomic mass is 9.97. The summed E-state index contributed by atoms with van der Waals surface area (Å²) >= 11 is 0. The zero-order chi connectivity index (χ0) is 20.0. The number of carbonyl (C=O) groups is 2. The predicted octanol–water partition coefficient (Wildman–Crippen LogP) is 2.31. The summed E-state index contributed by atoms with van der Waals surface area (Å²) < 4.78 is 0. The smallest absolute Gasteiger partial charge is 0.256 e. The zero-order valence-corrected chi connectivity index (χ0v) is 17.0. The van der Waals surface area contributed by atoms with Gasteiger partial charge in [-0.1, -0.05) is 12.8 Å². The number of hydrogen-bond donors (Lipinski definition) is 1. The van der Waals surface area contributed by atoms with Crippen molar-refractivity contribution in [2.75, 3.05) is 13.1 Å². The Morgan fingerprint density at radius 2 is 1.62 bits per heavy atom. The van der Waals surface area contributed by atoms with Gasteiger partial charge in [0.1, 0.15) is 5.82 Å². The lowest BCUT2D eigenvalue weighted by molar-refractivity contribution is -0.139. The Balaban J connectivity index is 1.39. The molecule has 156 valence electrons. The maximum atomic E-state index is 13.1. The molecule has 1 unspecified atom stereocenters. The van der Waals surface area contributed by atoms with E-state index in [1.165, 1.54) is 0 Å². The molecule has 2 amide bonds. The number of likely N-dealkylation sites (tertiary alicyclic amines) is 1. The number of hydrogen-bond acceptors (Lipinski definition) is 4. The third-order valence-corrected chi connectivity index (χ3v) is 7.13. The maximum absolute atomic E-state index is 13.1. The molecule has 1 atom stereocenters. The van der Waals surface area contributed by atoms with E-state index in [1.54, 1.807) is 0 Å². The monoisotopic (exact) mass is 398 g/mol. The molecule has 2 saturated carbocycles. The number of nitrogens with one attached hydrogen (secondary N) is 1. The maximum Gasteiger partial charge on any atom is 0.256 e. The first-order chi connectivity index (χ1) is 14.1. The molecule has 29 heavy (non-hydrogen) atoms. The number of rotatable bonds is 3. The topological polar surface area (TPSA) is 86.4 Å². The highest BCUT2D eigenvalue weighted by atomic mass is 16.2. The van der Waals surface area contributed by atoms with Gasteiger partial charge in [0.25, 0.3) is 5.56 Å². The van der Waals surface area contributed by atoms with Crippen molar-refractivity contribution < 1.29 is 9.59 Å². The SMILES string of the molecule is O=C(C1CC1)N1CCc2nc(C3CCCCN3C(=O)C3CCCC3)[nH]c(=O)c2C1. The van der Waals surface area contributed by atoms with Crippen LogP contribution in [0.4, 0.5) is 0 Å². The number of carbonyl (C=O) groups excluding carboxylic acids is 2. The van der Waals surface area contributed by atoms with Crippen LogP contribution in [0, 0.1) is 11.8 Å². The standard InChI is InChI=1S/C22H30N4O3/c27-20-16-13-25(21(28)15-8-9-15)12-10-17(16)23-19(24-20)18-7-3-4-11-26(18)22(29)14-5-1-2-6-14/h14-15,18H,1-13H2,(H,23,24,27). The molecule has 0 radical (unpaired) electrons. The van der Waals surface area contributed by atoms with Crippen LogP contribution < -0.4 is 5.56 Å². The molecule has 0 bridgehead atoms. The quantitative estimate of drug-likeness (QED) is 0.847. The molecule has 2 aliphatic carbocycles. The Labute approximate surface area is 170 Å². The molecule has 7 nitrogen and oxygen atoms in total. The van der Waals surface area contributed by atoms with Crippen LogP contribution >= 0.6 is 0 Å². The summed E-state index contributed by atoms with van der Waals surface area (Å²) in [5.74, 6) is 1.37. The molecule has 1 saturated heterocycles. The molecule has 1 aromatic heterocycles. The average Bonchev–Trinajstić information content (AvgIpc) is 3.46. The van der Waals surface area contributed by atoms with E-state index in [0.29, 0.717) is 30.9 Å². The second-order valence-electron chi connectivity index (χ2n) is 9.19. The third kappa shape index (κ3) is 3.60. The first kappa shape index (κ1) is 18.8. The van der Waals surface area contributed by atoms with Gasteiger partial charge in [-0.2, -0.15) is 0 Å². The molecule has 3 heterocycles. The first-order valence-electron chi connectivity index (χ1n) is 11.3. The molecule has 2 aliphatic heterocycles. The number of aromatic amines is 1. The van der Waals surface area contributed by atoms with E-state index in [2.05, 4.69) is 4.98 Å². The summed E-state index contributed by atoms with van der Waals surface area (Å²) in [5, 5.41) is 0. The van der Waals surface area contributed by atoms with Crippen molar-refractivity contribution in [3.05, 3.63) is 27.4 Å². The van der Waals surface area contributed by atoms with Gasteiger partial charge in [-0.15, -0.1) is 0 Å². The van der Waals surface area contributed by atoms with E-state index < -0.39 is 0 Å². The fraction of sp³-hybridized carbons (Fsp3) is 0.727. The van der Waals surface area contributed by atoms with Gasteiger partial charge < -0.3 is 14.8 Å². The van der Waals surface area contributed by atoms with Gasteiger partial charge in [-0.05, 0) is 44.9 Å². The molecule has 5 rings (SSSR count). The van der Waals surface area contributed by atoms with Crippen LogP contribution in [-0.2, 0) is 22.6 Å². The largest absolute Gasteiger partial charge is 0.337 e. The molecule has 1 N–H and O–H groups in total. The predicted molar refractivity (Wildman–Crippen MR) is 107 cm³/mol. The van der Waals surface area contributed by atoms with E-state index in [1.807, 2.05) is 9.80 Å². The number of nitrogens with zero attached hydrogens (tertiary/aromatic N) is 3. The highest BCUT2D eigenvalue weighted by Crippen LogP contribution is 2.35. The second-order valence-corrected chi connectivity index (χ2v) is 9.19. The number of piperidine rings is 1. The van der Waals surface area contributed by atoms with Gasteiger partial charge >= 0.3 is 0 Å². The van der Waals surface area contributed by atoms with Crippen molar-refractivity contribution >= 4 is 11.8 Å². The van der Waals surface area contributed by atoms with Crippen molar-refractivity contribution in [2.45, 2.75) is 76.8 Å². The number of aromatic nitrogens is 2. The van der Waals surface area contributed by atoms with Gasteiger partial charge in [-0.3, -0.25) is 14.4 Å². The van der Waals surface area contributed by atoms with Crippen molar-refractivity contribution in [1.29, 1.82) is 0 Å². The van der Waals surface area contributed by atoms with Gasteiger partial charge in [0.05, 0.1) is 23.8 Å². The Kier molecular flexibility index (Phi) is 4.92. The van der Waals surface area contributed by atoms with Crippen LogP contribution in [0.15, 0.2) is 4.79 Å². The molecule has 4 aliphatic rings. The minimum Gasteiger partial charge on any atom is -0.337 e. The normalized spacial score (nSPS) is 25.2. The van der Waals surface area contributed by atoms with Crippen LogP contribution in [0.5, 0.6) is 0 Å². The lowest BCUT2D eigenvalue weighted by Gasteiger charge is -2.37. The minimum atomic E-state index is -0.142. The van der Waals surface area contributed by atoms with Gasteiger partial charge in [0.2, 0.25) is 11.8 Å². The number of amides is 2. The van der Waals surface area contributed by atoms with E-state index in [4.69, 9.17) is 4.98 Å². The third-order valence-electron chi connectivity index (χ3n) is 7.13. The van der Waals surface area contributed by atoms with Crippen molar-refractivity contribution in [3.8, 4) is 0 Å². The van der Waals surface area contributed by atoms with Crippen molar-refractivity contribution in [3.63, 3.8) is 0 Å². The van der Waals surface area contributed by atoms with Crippen molar-refractivity contribution in [2.24, 2.45) is 11.8 Å². The minimum absolute atomic E-state index is 0.124. The van der Waals surface area contributed by atoms with Gasteiger partial charge in [0, 0.05) is 31.3 Å². The molecule has 3 fully saturated rings. The summed E-state index contributed by atoms with van der Waals surface area (Å²) in [5.41, 5.74) is 1.29. The summed E-state index contributed by atoms with van der Waals surface area (Å²) in [6, 6.07) is -0.124. The molecular formula is C22H30N4O3. The van der Waals surface area contributed by atoms with E-state index >= 15 is 0 Å². The summed E-state index contributed by atoms with van der Waals surface area (Å²) in [6.07, 6.45) is 9.73. The zero-order valence-electron chi connectivity index (χ0n) is 17.0. The molecule has 1 aromatic rings. The summed E-state index contributed by atoms with van der Waals surface area (Å²) in [4.78, 5) is 50.0. The Hall–Kier alpha value is -2.18.